The fourth-order valence-corrected chi connectivity index (χ4v) is 5.19. The van der Waals surface area contributed by atoms with E-state index in [2.05, 4.69) is 4.98 Å². The monoisotopic (exact) mass is 552 g/mol. The Labute approximate surface area is 222 Å². The predicted molar refractivity (Wildman–Crippen MR) is 135 cm³/mol. The van der Waals surface area contributed by atoms with Gasteiger partial charge in [0.1, 0.15) is 18.2 Å². The number of hydrogen-bond acceptors (Lipinski definition) is 6. The molecule has 0 radical (unpaired) electrons. The summed E-state index contributed by atoms with van der Waals surface area (Å²) in [4.78, 5) is 18.5. The van der Waals surface area contributed by atoms with Crippen LogP contribution in [0.1, 0.15) is 37.4 Å². The summed E-state index contributed by atoms with van der Waals surface area (Å²) in [7, 11) is 1.53. The van der Waals surface area contributed by atoms with Crippen molar-refractivity contribution in [2.75, 3.05) is 33.4 Å². The van der Waals surface area contributed by atoms with Crippen molar-refractivity contribution >= 4 is 28.5 Å². The molecule has 7 nitrogen and oxygen atoms in total. The van der Waals surface area contributed by atoms with Crippen LogP contribution in [0.3, 0.4) is 0 Å². The SMILES string of the molecule is COc1ccc2ncc(Cl)c([C@@H](O)CCC3(C(=O)O)CCN(CCOc4c(F)cc(F)cc4F)CC3)c2c1. The van der Waals surface area contributed by atoms with Crippen molar-refractivity contribution in [1.82, 2.24) is 9.88 Å². The van der Waals surface area contributed by atoms with E-state index in [0.717, 1.165) is 0 Å². The standard InChI is InChI=1S/C27H28ClF3N2O5/c1-37-17-2-3-22-18(14-17)24(19(28)15-32-22)23(34)4-5-27(26(35)36)6-8-33(9-7-27)10-11-38-25-20(30)12-16(29)13-21(25)31/h2-3,12-15,23,34H,4-11H2,1H3,(H,35,36)/t23-/m0/s1. The van der Waals surface area contributed by atoms with Crippen LogP contribution < -0.4 is 9.47 Å². The number of likely N-dealkylation sites (tertiary alicyclic amines) is 1. The minimum atomic E-state index is -1.12. The summed E-state index contributed by atoms with van der Waals surface area (Å²) in [5, 5.41) is 22.1. The van der Waals surface area contributed by atoms with Crippen LogP contribution in [-0.4, -0.2) is 59.4 Å². The number of aliphatic hydroxyl groups is 1. The first kappa shape index (κ1) is 27.9. The number of methoxy groups -OCH3 is 1. The van der Waals surface area contributed by atoms with Gasteiger partial charge in [0.15, 0.2) is 17.4 Å². The Morgan fingerprint density at radius 3 is 2.50 bits per heavy atom. The second kappa shape index (κ2) is 11.8. The number of hydrogen-bond donors (Lipinski definition) is 2. The second-order valence-corrected chi connectivity index (χ2v) is 9.84. The number of aromatic nitrogens is 1. The Balaban J connectivity index is 1.37. The van der Waals surface area contributed by atoms with Crippen LogP contribution in [0.15, 0.2) is 36.5 Å². The van der Waals surface area contributed by atoms with Gasteiger partial charge in [-0.05, 0) is 57.0 Å². The Kier molecular flexibility index (Phi) is 8.64. The zero-order chi connectivity index (χ0) is 27.4. The molecule has 1 saturated heterocycles. The maximum absolute atomic E-state index is 13.8. The number of benzene rings is 2. The van der Waals surface area contributed by atoms with E-state index < -0.39 is 40.7 Å². The van der Waals surface area contributed by atoms with Gasteiger partial charge >= 0.3 is 5.97 Å². The molecule has 0 saturated carbocycles. The second-order valence-electron chi connectivity index (χ2n) is 9.43. The average Bonchev–Trinajstić information content (AvgIpc) is 2.89. The Hall–Kier alpha value is -3.08. The van der Waals surface area contributed by atoms with Gasteiger partial charge < -0.3 is 19.7 Å². The van der Waals surface area contributed by atoms with Crippen molar-refractivity contribution in [1.29, 1.82) is 0 Å². The van der Waals surface area contributed by atoms with Crippen molar-refractivity contribution in [3.63, 3.8) is 0 Å². The number of rotatable bonds is 10. The van der Waals surface area contributed by atoms with Crippen LogP contribution >= 0.6 is 11.6 Å². The van der Waals surface area contributed by atoms with Crippen molar-refractivity contribution in [2.24, 2.45) is 5.41 Å². The summed E-state index contributed by atoms with van der Waals surface area (Å²) in [5.41, 5.74) is 0.0691. The molecule has 2 heterocycles. The number of nitrogens with zero attached hydrogens (tertiary/aromatic N) is 2. The van der Waals surface area contributed by atoms with E-state index in [1.807, 2.05) is 4.90 Å². The van der Waals surface area contributed by atoms with E-state index in [0.29, 0.717) is 66.8 Å². The van der Waals surface area contributed by atoms with Crippen molar-refractivity contribution in [3.05, 3.63) is 64.6 Å². The molecule has 1 atom stereocenters. The fourth-order valence-electron chi connectivity index (χ4n) is 4.91. The molecule has 2 aromatic carbocycles. The van der Waals surface area contributed by atoms with Crippen LogP contribution in [0.2, 0.25) is 5.02 Å². The third-order valence-corrected chi connectivity index (χ3v) is 7.48. The van der Waals surface area contributed by atoms with Crippen molar-refractivity contribution in [3.8, 4) is 11.5 Å². The van der Waals surface area contributed by atoms with Gasteiger partial charge in [-0.3, -0.25) is 14.7 Å². The molecule has 0 unspecified atom stereocenters. The number of aliphatic hydroxyl groups excluding tert-OH is 1. The van der Waals surface area contributed by atoms with Gasteiger partial charge in [0.2, 0.25) is 0 Å². The molecule has 2 N–H and O–H groups in total. The van der Waals surface area contributed by atoms with Crippen LogP contribution in [0.5, 0.6) is 11.5 Å². The molecule has 0 spiro atoms. The number of carboxylic acid groups (broad SMARTS) is 1. The van der Waals surface area contributed by atoms with E-state index in [9.17, 15) is 28.2 Å². The summed E-state index contributed by atoms with van der Waals surface area (Å²) in [6, 6.07) is 6.35. The third-order valence-electron chi connectivity index (χ3n) is 7.18. The first-order chi connectivity index (χ1) is 18.1. The highest BCUT2D eigenvalue weighted by atomic mass is 35.5. The lowest BCUT2D eigenvalue weighted by molar-refractivity contribution is -0.153. The van der Waals surface area contributed by atoms with Crippen LogP contribution in [0, 0.1) is 22.9 Å². The lowest BCUT2D eigenvalue weighted by Crippen LogP contribution is -2.45. The topological polar surface area (TPSA) is 92.1 Å². The summed E-state index contributed by atoms with van der Waals surface area (Å²) in [6.45, 7) is 1.12. The smallest absolute Gasteiger partial charge is 0.309 e. The number of ether oxygens (including phenoxy) is 2. The molecule has 3 aromatic rings. The maximum Gasteiger partial charge on any atom is 0.309 e. The zero-order valence-electron chi connectivity index (χ0n) is 20.7. The molecule has 11 heteroatoms. The number of pyridine rings is 1. The molecular weight excluding hydrogens is 525 g/mol. The quantitative estimate of drug-likeness (QED) is 0.349. The summed E-state index contributed by atoms with van der Waals surface area (Å²) >= 11 is 6.39. The van der Waals surface area contributed by atoms with Gasteiger partial charge in [-0.2, -0.15) is 0 Å². The van der Waals surface area contributed by atoms with Crippen LogP contribution in [0.4, 0.5) is 13.2 Å². The van der Waals surface area contributed by atoms with Crippen LogP contribution in [0.25, 0.3) is 10.9 Å². The number of fused-ring (bicyclic) bond motifs is 1. The summed E-state index contributed by atoms with van der Waals surface area (Å²) < 4.78 is 51.1. The van der Waals surface area contributed by atoms with E-state index in [4.69, 9.17) is 21.1 Å². The molecule has 1 aliphatic rings. The minimum Gasteiger partial charge on any atom is -0.497 e. The first-order valence-electron chi connectivity index (χ1n) is 12.2. The Bertz CT molecular complexity index is 1290. The van der Waals surface area contributed by atoms with E-state index in [1.165, 1.54) is 13.3 Å². The molecule has 38 heavy (non-hydrogen) atoms. The molecule has 1 aromatic heterocycles. The predicted octanol–water partition coefficient (Wildman–Crippen LogP) is 5.37. The van der Waals surface area contributed by atoms with Gasteiger partial charge in [-0.25, -0.2) is 13.2 Å². The van der Waals surface area contributed by atoms with Crippen LogP contribution in [-0.2, 0) is 4.79 Å². The van der Waals surface area contributed by atoms with E-state index in [1.54, 1.807) is 18.2 Å². The van der Waals surface area contributed by atoms with Gasteiger partial charge in [-0.1, -0.05) is 11.6 Å². The van der Waals surface area contributed by atoms with Gasteiger partial charge in [-0.15, -0.1) is 0 Å². The highest BCUT2D eigenvalue weighted by Crippen LogP contribution is 2.41. The number of piperidine rings is 1. The first-order valence-corrected chi connectivity index (χ1v) is 12.5. The number of halogens is 4. The van der Waals surface area contributed by atoms with Crippen molar-refractivity contribution < 1.29 is 37.7 Å². The van der Waals surface area contributed by atoms with Gasteiger partial charge in [0.25, 0.3) is 0 Å². The zero-order valence-corrected chi connectivity index (χ0v) is 21.5. The number of carbonyl (C=O) groups is 1. The lowest BCUT2D eigenvalue weighted by Gasteiger charge is -2.39. The molecule has 1 aliphatic heterocycles. The van der Waals surface area contributed by atoms with E-state index in [-0.39, 0.29) is 24.5 Å². The molecule has 1 fully saturated rings. The molecule has 0 amide bonds. The largest absolute Gasteiger partial charge is 0.497 e. The van der Waals surface area contributed by atoms with Crippen molar-refractivity contribution in [2.45, 2.75) is 31.8 Å². The summed E-state index contributed by atoms with van der Waals surface area (Å²) in [5.74, 6) is -4.27. The van der Waals surface area contributed by atoms with Gasteiger partial charge in [0.05, 0.1) is 29.2 Å². The Morgan fingerprint density at radius 1 is 1.18 bits per heavy atom. The molecular formula is C27H28ClF3N2O5. The normalized spacial score (nSPS) is 16.4. The maximum atomic E-state index is 13.8. The number of carboxylic acids is 1. The molecule has 0 aliphatic carbocycles. The number of aliphatic carboxylic acids is 1. The third kappa shape index (κ3) is 5.98. The van der Waals surface area contributed by atoms with E-state index >= 15 is 0 Å². The average molecular weight is 553 g/mol. The highest BCUT2D eigenvalue weighted by Gasteiger charge is 2.41. The molecule has 4 rings (SSSR count). The molecule has 0 bridgehead atoms. The minimum absolute atomic E-state index is 0.0463. The highest BCUT2D eigenvalue weighted by molar-refractivity contribution is 6.32. The lowest BCUT2D eigenvalue weighted by atomic mass is 9.74. The molecule has 204 valence electrons. The fraction of sp³-hybridized carbons (Fsp3) is 0.407. The Morgan fingerprint density at radius 2 is 1.87 bits per heavy atom. The summed E-state index contributed by atoms with van der Waals surface area (Å²) in [6.07, 6.45) is 1.51. The van der Waals surface area contributed by atoms with Gasteiger partial charge in [0, 0.05) is 35.8 Å².